The summed E-state index contributed by atoms with van der Waals surface area (Å²) in [7, 11) is 0. The minimum atomic E-state index is -0.237. The van der Waals surface area contributed by atoms with Crippen molar-refractivity contribution in [1.29, 1.82) is 0 Å². The van der Waals surface area contributed by atoms with Crippen molar-refractivity contribution in [2.45, 2.75) is 45.1 Å². The molecule has 0 atom stereocenters. The van der Waals surface area contributed by atoms with Gasteiger partial charge in [0.2, 0.25) is 0 Å². The smallest absolute Gasteiger partial charge is 0.317 e. The molecule has 2 aliphatic rings. The van der Waals surface area contributed by atoms with Gasteiger partial charge in [0, 0.05) is 32.7 Å². The van der Waals surface area contributed by atoms with Crippen molar-refractivity contribution < 1.29 is 9.59 Å². The van der Waals surface area contributed by atoms with E-state index in [1.807, 2.05) is 0 Å². The maximum absolute atomic E-state index is 12.1. The first-order valence-electron chi connectivity index (χ1n) is 8.93. The van der Waals surface area contributed by atoms with E-state index in [1.165, 1.54) is 32.1 Å². The molecular weight excluding hydrogens is 308 g/mol. The van der Waals surface area contributed by atoms with Crippen molar-refractivity contribution >= 4 is 11.9 Å². The Hall–Kier alpha value is -2.12. The molecule has 1 saturated carbocycles. The van der Waals surface area contributed by atoms with Crippen molar-refractivity contribution in [3.05, 3.63) is 11.9 Å². The zero-order chi connectivity index (χ0) is 16.8. The first-order chi connectivity index (χ1) is 11.7. The van der Waals surface area contributed by atoms with Gasteiger partial charge in [0.25, 0.3) is 5.91 Å². The van der Waals surface area contributed by atoms with E-state index in [4.69, 9.17) is 0 Å². The van der Waals surface area contributed by atoms with E-state index in [9.17, 15) is 9.59 Å². The Bertz CT molecular complexity index is 567. The van der Waals surface area contributed by atoms with E-state index in [1.54, 1.807) is 15.8 Å². The molecule has 0 spiro atoms. The van der Waals surface area contributed by atoms with E-state index in [-0.39, 0.29) is 11.9 Å². The predicted molar refractivity (Wildman–Crippen MR) is 88.5 cm³/mol. The molecule has 1 aliphatic carbocycles. The maximum atomic E-state index is 12.1. The SMILES string of the molecule is O=C(NCCN1CCNC1=O)c1cn(CCC2CCCCC2)nn1. The highest BCUT2D eigenvalue weighted by Crippen LogP contribution is 2.26. The molecule has 0 unspecified atom stereocenters. The van der Waals surface area contributed by atoms with Crippen molar-refractivity contribution in [3.63, 3.8) is 0 Å². The average molecular weight is 334 g/mol. The summed E-state index contributed by atoms with van der Waals surface area (Å²) < 4.78 is 1.76. The Morgan fingerprint density at radius 1 is 1.29 bits per heavy atom. The van der Waals surface area contributed by atoms with Gasteiger partial charge in [-0.3, -0.25) is 9.48 Å². The fraction of sp³-hybridized carbons (Fsp3) is 0.750. The molecule has 3 rings (SSSR count). The second-order valence-corrected chi connectivity index (χ2v) is 6.63. The topological polar surface area (TPSA) is 92.2 Å². The number of carbonyl (C=O) groups is 2. The Morgan fingerprint density at radius 3 is 2.88 bits per heavy atom. The standard InChI is InChI=1S/C16H26N6O2/c23-15(17-7-10-21-11-8-18-16(21)24)14-12-22(20-19-14)9-6-13-4-2-1-3-5-13/h12-13H,1-11H2,(H,17,23)(H,18,24). The molecule has 1 aromatic rings. The molecule has 2 N–H and O–H groups in total. The van der Waals surface area contributed by atoms with E-state index in [0.717, 1.165) is 18.9 Å². The van der Waals surface area contributed by atoms with Gasteiger partial charge in [-0.1, -0.05) is 37.3 Å². The summed E-state index contributed by atoms with van der Waals surface area (Å²) in [5.74, 6) is 0.547. The molecule has 8 nitrogen and oxygen atoms in total. The number of aryl methyl sites for hydroxylation is 1. The highest BCUT2D eigenvalue weighted by atomic mass is 16.2. The first-order valence-corrected chi connectivity index (χ1v) is 8.93. The van der Waals surface area contributed by atoms with Gasteiger partial charge in [-0.2, -0.15) is 0 Å². The zero-order valence-electron chi connectivity index (χ0n) is 14.0. The molecule has 24 heavy (non-hydrogen) atoms. The number of hydrogen-bond acceptors (Lipinski definition) is 4. The molecular formula is C16H26N6O2. The third kappa shape index (κ3) is 4.46. The summed E-state index contributed by atoms with van der Waals surface area (Å²) in [6, 6.07) is -0.0714. The molecule has 1 aliphatic heterocycles. The van der Waals surface area contributed by atoms with E-state index in [0.29, 0.717) is 31.9 Å². The van der Waals surface area contributed by atoms with Gasteiger partial charge in [0.1, 0.15) is 0 Å². The van der Waals surface area contributed by atoms with Crippen LogP contribution in [0.4, 0.5) is 4.79 Å². The minimum absolute atomic E-state index is 0.0714. The number of nitrogens with one attached hydrogen (secondary N) is 2. The van der Waals surface area contributed by atoms with Gasteiger partial charge in [0.15, 0.2) is 5.69 Å². The number of carbonyl (C=O) groups excluding carboxylic acids is 2. The number of hydrogen-bond donors (Lipinski definition) is 2. The molecule has 3 amide bonds. The summed E-state index contributed by atoms with van der Waals surface area (Å²) in [5.41, 5.74) is 0.338. The Morgan fingerprint density at radius 2 is 2.12 bits per heavy atom. The van der Waals surface area contributed by atoms with Crippen LogP contribution in [0.2, 0.25) is 0 Å². The van der Waals surface area contributed by atoms with Gasteiger partial charge in [0.05, 0.1) is 6.20 Å². The van der Waals surface area contributed by atoms with Crippen molar-refractivity contribution in [1.82, 2.24) is 30.5 Å². The van der Waals surface area contributed by atoms with Gasteiger partial charge in [-0.15, -0.1) is 5.10 Å². The predicted octanol–water partition coefficient (Wildman–Crippen LogP) is 1.00. The molecule has 132 valence electrons. The Kier molecular flexibility index (Phi) is 5.66. The highest BCUT2D eigenvalue weighted by molar-refractivity contribution is 5.91. The average Bonchev–Trinajstić information content (AvgIpc) is 3.23. The van der Waals surface area contributed by atoms with Gasteiger partial charge < -0.3 is 15.5 Å². The van der Waals surface area contributed by atoms with Gasteiger partial charge in [-0.05, 0) is 12.3 Å². The van der Waals surface area contributed by atoms with Crippen LogP contribution >= 0.6 is 0 Å². The molecule has 0 radical (unpaired) electrons. The van der Waals surface area contributed by atoms with Crippen molar-refractivity contribution in [2.24, 2.45) is 5.92 Å². The highest BCUT2D eigenvalue weighted by Gasteiger charge is 2.19. The number of rotatable bonds is 7. The number of amides is 3. The molecule has 2 heterocycles. The quantitative estimate of drug-likeness (QED) is 0.778. The third-order valence-corrected chi connectivity index (χ3v) is 4.87. The summed E-state index contributed by atoms with van der Waals surface area (Å²) in [4.78, 5) is 25.2. The van der Waals surface area contributed by atoms with Crippen LogP contribution < -0.4 is 10.6 Å². The summed E-state index contributed by atoms with van der Waals surface area (Å²) in [6.45, 7) is 3.10. The second kappa shape index (κ2) is 8.12. The molecule has 0 aromatic carbocycles. The second-order valence-electron chi connectivity index (χ2n) is 6.63. The summed E-state index contributed by atoms with van der Waals surface area (Å²) in [6.07, 6.45) is 9.48. The van der Waals surface area contributed by atoms with Crippen molar-refractivity contribution in [3.8, 4) is 0 Å². The largest absolute Gasteiger partial charge is 0.349 e. The van der Waals surface area contributed by atoms with Crippen LogP contribution in [-0.2, 0) is 6.54 Å². The molecule has 1 saturated heterocycles. The fourth-order valence-corrected chi connectivity index (χ4v) is 3.42. The zero-order valence-corrected chi connectivity index (χ0v) is 14.0. The molecule has 8 heteroatoms. The van der Waals surface area contributed by atoms with Crippen LogP contribution in [0.5, 0.6) is 0 Å². The third-order valence-electron chi connectivity index (χ3n) is 4.87. The van der Waals surface area contributed by atoms with E-state index < -0.39 is 0 Å². The number of aromatic nitrogens is 3. The normalized spacial score (nSPS) is 18.7. The van der Waals surface area contributed by atoms with Crippen LogP contribution in [0.25, 0.3) is 0 Å². The Labute approximate surface area is 142 Å². The lowest BCUT2D eigenvalue weighted by Gasteiger charge is -2.20. The lowest BCUT2D eigenvalue weighted by Crippen LogP contribution is -2.36. The summed E-state index contributed by atoms with van der Waals surface area (Å²) in [5, 5.41) is 13.5. The van der Waals surface area contributed by atoms with E-state index in [2.05, 4.69) is 20.9 Å². The van der Waals surface area contributed by atoms with Gasteiger partial charge >= 0.3 is 6.03 Å². The monoisotopic (exact) mass is 334 g/mol. The number of urea groups is 1. The number of nitrogens with zero attached hydrogens (tertiary/aromatic N) is 4. The lowest BCUT2D eigenvalue weighted by molar-refractivity contribution is 0.0945. The lowest BCUT2D eigenvalue weighted by atomic mass is 9.87. The summed E-state index contributed by atoms with van der Waals surface area (Å²) >= 11 is 0. The van der Waals surface area contributed by atoms with Crippen LogP contribution in [-0.4, -0.2) is 58.0 Å². The van der Waals surface area contributed by atoms with Crippen LogP contribution in [0.1, 0.15) is 49.0 Å². The molecule has 0 bridgehead atoms. The molecule has 1 aromatic heterocycles. The molecule has 2 fully saturated rings. The minimum Gasteiger partial charge on any atom is -0.349 e. The maximum Gasteiger partial charge on any atom is 0.317 e. The van der Waals surface area contributed by atoms with E-state index >= 15 is 0 Å². The van der Waals surface area contributed by atoms with Crippen LogP contribution in [0.15, 0.2) is 6.20 Å². The van der Waals surface area contributed by atoms with Gasteiger partial charge in [-0.25, -0.2) is 4.79 Å². The van der Waals surface area contributed by atoms with Crippen LogP contribution in [0, 0.1) is 5.92 Å². The first kappa shape index (κ1) is 16.7. The fourth-order valence-electron chi connectivity index (χ4n) is 3.42. The van der Waals surface area contributed by atoms with Crippen LogP contribution in [0.3, 0.4) is 0 Å². The Balaban J connectivity index is 1.39. The van der Waals surface area contributed by atoms with Crippen molar-refractivity contribution in [2.75, 3.05) is 26.2 Å².